The summed E-state index contributed by atoms with van der Waals surface area (Å²) in [6.07, 6.45) is 0. The Labute approximate surface area is 135 Å². The molecular weight excluding hydrogens is 292 g/mol. The number of hydrogen-bond acceptors (Lipinski definition) is 4. The van der Waals surface area contributed by atoms with Crippen LogP contribution in [0.5, 0.6) is 11.5 Å². The molecule has 5 heteroatoms. The third-order valence-corrected chi connectivity index (χ3v) is 3.71. The Morgan fingerprint density at radius 3 is 2.35 bits per heavy atom. The zero-order chi connectivity index (χ0) is 16.1. The summed E-state index contributed by atoms with van der Waals surface area (Å²) in [6.45, 7) is 2.69. The third-order valence-electron chi connectivity index (χ3n) is 3.71. The van der Waals surface area contributed by atoms with Crippen molar-refractivity contribution < 1.29 is 14.3 Å². The zero-order valence-electron chi connectivity index (χ0n) is 13.1. The van der Waals surface area contributed by atoms with Crippen molar-refractivity contribution in [3.8, 4) is 11.5 Å². The molecule has 0 unspecified atom stereocenters. The van der Waals surface area contributed by atoms with Crippen molar-refractivity contribution >= 4 is 5.91 Å². The van der Waals surface area contributed by atoms with E-state index in [4.69, 9.17) is 9.47 Å². The van der Waals surface area contributed by atoms with Crippen LogP contribution < -0.4 is 20.1 Å². The number of rotatable bonds is 5. The number of amides is 1. The molecule has 0 bridgehead atoms. The van der Waals surface area contributed by atoms with Crippen LogP contribution in [-0.2, 0) is 13.1 Å². The molecule has 1 heterocycles. The van der Waals surface area contributed by atoms with E-state index in [1.54, 1.807) is 7.05 Å². The number of ether oxygens (including phenoxy) is 2. The zero-order valence-corrected chi connectivity index (χ0v) is 13.1. The molecule has 120 valence electrons. The van der Waals surface area contributed by atoms with Crippen LogP contribution in [0.4, 0.5) is 0 Å². The molecule has 2 N–H and O–H groups in total. The van der Waals surface area contributed by atoms with Crippen LogP contribution in [0.15, 0.2) is 42.5 Å². The molecule has 0 radical (unpaired) electrons. The molecule has 0 aromatic heterocycles. The minimum absolute atomic E-state index is 0.0687. The van der Waals surface area contributed by atoms with Crippen molar-refractivity contribution in [3.05, 3.63) is 59.2 Å². The molecule has 2 aromatic carbocycles. The first kappa shape index (κ1) is 15.4. The van der Waals surface area contributed by atoms with Gasteiger partial charge in [-0.05, 0) is 35.4 Å². The lowest BCUT2D eigenvalue weighted by Gasteiger charge is -2.19. The predicted octanol–water partition coefficient (Wildman–Crippen LogP) is 2.11. The van der Waals surface area contributed by atoms with Gasteiger partial charge in [-0.25, -0.2) is 0 Å². The quantitative estimate of drug-likeness (QED) is 0.888. The van der Waals surface area contributed by atoms with Gasteiger partial charge in [0.2, 0.25) is 0 Å². The first-order valence-corrected chi connectivity index (χ1v) is 7.66. The highest BCUT2D eigenvalue weighted by Gasteiger charge is 2.11. The fraction of sp³-hybridized carbons (Fsp3) is 0.278. The molecule has 0 saturated carbocycles. The Kier molecular flexibility index (Phi) is 4.78. The molecule has 5 nitrogen and oxygen atoms in total. The molecule has 2 aromatic rings. The molecule has 0 spiro atoms. The van der Waals surface area contributed by atoms with Gasteiger partial charge in [-0.2, -0.15) is 0 Å². The van der Waals surface area contributed by atoms with Gasteiger partial charge in [0, 0.05) is 25.7 Å². The average molecular weight is 312 g/mol. The molecule has 1 aliphatic heterocycles. The molecule has 3 rings (SSSR count). The van der Waals surface area contributed by atoms with Crippen molar-refractivity contribution in [2.24, 2.45) is 0 Å². The van der Waals surface area contributed by atoms with Crippen molar-refractivity contribution in [3.63, 3.8) is 0 Å². The minimum Gasteiger partial charge on any atom is -0.486 e. The van der Waals surface area contributed by atoms with Crippen molar-refractivity contribution in [2.75, 3.05) is 20.3 Å². The van der Waals surface area contributed by atoms with Gasteiger partial charge in [0.15, 0.2) is 11.5 Å². The van der Waals surface area contributed by atoms with E-state index in [2.05, 4.69) is 10.6 Å². The lowest BCUT2D eigenvalue weighted by Crippen LogP contribution is -2.18. The van der Waals surface area contributed by atoms with Crippen LogP contribution in [0, 0.1) is 0 Å². The Balaban J connectivity index is 1.54. The number of benzene rings is 2. The van der Waals surface area contributed by atoms with Crippen molar-refractivity contribution in [1.82, 2.24) is 10.6 Å². The smallest absolute Gasteiger partial charge is 0.251 e. The van der Waals surface area contributed by atoms with Gasteiger partial charge in [-0.15, -0.1) is 0 Å². The van der Waals surface area contributed by atoms with Gasteiger partial charge >= 0.3 is 0 Å². The topological polar surface area (TPSA) is 59.6 Å². The fourth-order valence-corrected chi connectivity index (χ4v) is 2.47. The van der Waals surface area contributed by atoms with E-state index in [9.17, 15) is 4.79 Å². The van der Waals surface area contributed by atoms with Crippen LogP contribution in [0.25, 0.3) is 0 Å². The second kappa shape index (κ2) is 7.15. The van der Waals surface area contributed by atoms with Crippen LogP contribution in [0.1, 0.15) is 21.5 Å². The molecular formula is C18H20N2O3. The molecule has 0 aliphatic carbocycles. The molecule has 1 amide bonds. The summed E-state index contributed by atoms with van der Waals surface area (Å²) in [5, 5.41) is 6.00. The largest absolute Gasteiger partial charge is 0.486 e. The maximum Gasteiger partial charge on any atom is 0.251 e. The van der Waals surface area contributed by atoms with Crippen molar-refractivity contribution in [1.29, 1.82) is 0 Å². The van der Waals surface area contributed by atoms with Gasteiger partial charge < -0.3 is 20.1 Å². The van der Waals surface area contributed by atoms with Gasteiger partial charge in [0.05, 0.1) is 0 Å². The van der Waals surface area contributed by atoms with Gasteiger partial charge in [0.25, 0.3) is 5.91 Å². The van der Waals surface area contributed by atoms with E-state index in [1.165, 1.54) is 0 Å². The lowest BCUT2D eigenvalue weighted by atomic mass is 10.1. The Morgan fingerprint density at radius 1 is 0.957 bits per heavy atom. The first-order chi connectivity index (χ1) is 11.3. The summed E-state index contributed by atoms with van der Waals surface area (Å²) in [4.78, 5) is 11.5. The first-order valence-electron chi connectivity index (χ1n) is 7.66. The average Bonchev–Trinajstić information content (AvgIpc) is 2.61. The maximum atomic E-state index is 11.5. The highest BCUT2D eigenvalue weighted by Crippen LogP contribution is 2.30. The maximum absolute atomic E-state index is 11.5. The number of hydrogen-bond donors (Lipinski definition) is 2. The van der Waals surface area contributed by atoms with Crippen LogP contribution in [0.2, 0.25) is 0 Å². The van der Waals surface area contributed by atoms with E-state index in [1.807, 2.05) is 42.5 Å². The molecule has 1 aliphatic rings. The van der Waals surface area contributed by atoms with Crippen LogP contribution >= 0.6 is 0 Å². The van der Waals surface area contributed by atoms with E-state index < -0.39 is 0 Å². The predicted molar refractivity (Wildman–Crippen MR) is 87.8 cm³/mol. The van der Waals surface area contributed by atoms with Crippen LogP contribution in [-0.4, -0.2) is 26.2 Å². The second-order valence-corrected chi connectivity index (χ2v) is 5.36. The molecule has 0 fully saturated rings. The lowest BCUT2D eigenvalue weighted by molar-refractivity contribution is 0.0963. The summed E-state index contributed by atoms with van der Waals surface area (Å²) in [6, 6.07) is 13.6. The molecule has 0 saturated heterocycles. The Hall–Kier alpha value is -2.53. The standard InChI is InChI=1S/C18H20N2O3/c1-19-18(21)15-5-2-13(3-6-15)11-20-12-14-4-7-16-17(10-14)23-9-8-22-16/h2-7,10,20H,8-9,11-12H2,1H3,(H,19,21). The summed E-state index contributed by atoms with van der Waals surface area (Å²) >= 11 is 0. The summed E-state index contributed by atoms with van der Waals surface area (Å²) in [5.74, 6) is 1.55. The summed E-state index contributed by atoms with van der Waals surface area (Å²) < 4.78 is 11.1. The minimum atomic E-state index is -0.0687. The normalized spacial score (nSPS) is 12.7. The SMILES string of the molecule is CNC(=O)c1ccc(CNCc2ccc3c(c2)OCCO3)cc1. The Bertz CT molecular complexity index is 683. The van der Waals surface area contributed by atoms with Crippen molar-refractivity contribution in [2.45, 2.75) is 13.1 Å². The summed E-state index contributed by atoms with van der Waals surface area (Å²) in [5.41, 5.74) is 2.95. The van der Waals surface area contributed by atoms with E-state index in [0.29, 0.717) is 18.8 Å². The van der Waals surface area contributed by atoms with Gasteiger partial charge in [0.1, 0.15) is 13.2 Å². The van der Waals surface area contributed by atoms with E-state index in [0.717, 1.165) is 35.7 Å². The number of carbonyl (C=O) groups is 1. The van der Waals surface area contributed by atoms with E-state index in [-0.39, 0.29) is 5.91 Å². The number of carbonyl (C=O) groups excluding carboxylic acids is 1. The third kappa shape index (κ3) is 3.81. The highest BCUT2D eigenvalue weighted by molar-refractivity contribution is 5.93. The number of nitrogens with one attached hydrogen (secondary N) is 2. The number of fused-ring (bicyclic) bond motifs is 1. The highest BCUT2D eigenvalue weighted by atomic mass is 16.6. The van der Waals surface area contributed by atoms with E-state index >= 15 is 0 Å². The molecule has 0 atom stereocenters. The Morgan fingerprint density at radius 2 is 1.61 bits per heavy atom. The van der Waals surface area contributed by atoms with Gasteiger partial charge in [-0.3, -0.25) is 4.79 Å². The molecule has 23 heavy (non-hydrogen) atoms. The summed E-state index contributed by atoms with van der Waals surface area (Å²) in [7, 11) is 1.63. The van der Waals surface area contributed by atoms with Crippen LogP contribution in [0.3, 0.4) is 0 Å². The fourth-order valence-electron chi connectivity index (χ4n) is 2.47. The monoisotopic (exact) mass is 312 g/mol. The second-order valence-electron chi connectivity index (χ2n) is 5.36. The van der Waals surface area contributed by atoms with Gasteiger partial charge in [-0.1, -0.05) is 18.2 Å².